The first kappa shape index (κ1) is 24.1. The van der Waals surface area contributed by atoms with Crippen molar-refractivity contribution in [2.24, 2.45) is 0 Å². The second kappa shape index (κ2) is 8.41. The second-order valence-electron chi connectivity index (χ2n) is 7.65. The lowest BCUT2D eigenvalue weighted by Gasteiger charge is -2.31. The molecule has 2 aromatic carbocycles. The number of sulfonamides is 2. The van der Waals surface area contributed by atoms with Gasteiger partial charge in [0.05, 0.1) is 16.8 Å². The fourth-order valence-corrected chi connectivity index (χ4v) is 5.74. The van der Waals surface area contributed by atoms with E-state index in [1.54, 1.807) is 0 Å². The Balaban J connectivity index is 1.96. The highest BCUT2D eigenvalue weighted by Gasteiger charge is 2.36. The first-order chi connectivity index (χ1) is 14.7. The van der Waals surface area contributed by atoms with Crippen molar-refractivity contribution in [3.8, 4) is 0 Å². The van der Waals surface area contributed by atoms with E-state index in [0.29, 0.717) is 17.7 Å². The normalized spacial score (nSPS) is 15.0. The number of nitrogens with zero attached hydrogens (tertiary/aromatic N) is 3. The molecule has 2 aromatic rings. The molecule has 1 aliphatic rings. The lowest BCUT2D eigenvalue weighted by atomic mass is 10.1. The van der Waals surface area contributed by atoms with Gasteiger partial charge >= 0.3 is 0 Å². The molecule has 8 nitrogen and oxygen atoms in total. The number of hydrogen-bond acceptors (Lipinski definition) is 5. The summed E-state index contributed by atoms with van der Waals surface area (Å²) in [7, 11) is -4.85. The third kappa shape index (κ3) is 4.34. The highest BCUT2D eigenvalue weighted by Crippen LogP contribution is 2.33. The standard InChI is InChI=1S/C20H23F2N3O5S2/c1-13(25(31(4,27)28)15-5-7-17(21)18(22)12-15)20(26)24-10-9-14-11-16(6-8-19(14)24)32(29,30)23(2)3/h5-8,11-13H,9-10H2,1-4H3/t13-/m1/s1. The quantitative estimate of drug-likeness (QED) is 0.621. The van der Waals surface area contributed by atoms with E-state index in [1.165, 1.54) is 44.1 Å². The molecule has 0 aliphatic carbocycles. The van der Waals surface area contributed by atoms with Crippen molar-refractivity contribution in [3.63, 3.8) is 0 Å². The molecule has 0 radical (unpaired) electrons. The van der Waals surface area contributed by atoms with Gasteiger partial charge in [0, 0.05) is 32.4 Å². The Morgan fingerprint density at radius 1 is 1.03 bits per heavy atom. The molecule has 0 N–H and O–H groups in total. The van der Waals surface area contributed by atoms with Crippen LogP contribution in [0.4, 0.5) is 20.2 Å². The molecule has 174 valence electrons. The van der Waals surface area contributed by atoms with Crippen LogP contribution >= 0.6 is 0 Å². The van der Waals surface area contributed by atoms with Crippen molar-refractivity contribution in [3.05, 3.63) is 53.6 Å². The molecule has 1 aliphatic heterocycles. The summed E-state index contributed by atoms with van der Waals surface area (Å²) < 4.78 is 78.5. The zero-order chi connectivity index (χ0) is 24.0. The molecule has 0 bridgehead atoms. The van der Waals surface area contributed by atoms with Crippen LogP contribution in [0.2, 0.25) is 0 Å². The average Bonchev–Trinajstić information content (AvgIpc) is 3.12. The van der Waals surface area contributed by atoms with E-state index in [9.17, 15) is 30.4 Å². The number of anilines is 2. The number of amides is 1. The molecule has 1 heterocycles. The summed E-state index contributed by atoms with van der Waals surface area (Å²) in [5.74, 6) is -2.96. The third-order valence-electron chi connectivity index (χ3n) is 5.22. The maximum absolute atomic E-state index is 13.7. The van der Waals surface area contributed by atoms with Crippen LogP contribution in [0.25, 0.3) is 0 Å². The summed E-state index contributed by atoms with van der Waals surface area (Å²) in [4.78, 5) is 14.7. The van der Waals surface area contributed by atoms with E-state index in [1.807, 2.05) is 0 Å². The van der Waals surface area contributed by atoms with Crippen molar-refractivity contribution in [1.29, 1.82) is 0 Å². The van der Waals surface area contributed by atoms with Crippen molar-refractivity contribution < 1.29 is 30.4 Å². The van der Waals surface area contributed by atoms with Crippen LogP contribution in [-0.4, -0.2) is 60.0 Å². The van der Waals surface area contributed by atoms with Crippen LogP contribution in [0, 0.1) is 11.6 Å². The van der Waals surface area contributed by atoms with Gasteiger partial charge in [-0.3, -0.25) is 9.10 Å². The van der Waals surface area contributed by atoms with Crippen molar-refractivity contribution in [1.82, 2.24) is 4.31 Å². The maximum Gasteiger partial charge on any atom is 0.250 e. The Labute approximate surface area is 186 Å². The minimum Gasteiger partial charge on any atom is -0.310 e. The topological polar surface area (TPSA) is 95.1 Å². The largest absolute Gasteiger partial charge is 0.310 e. The summed E-state index contributed by atoms with van der Waals surface area (Å²) in [5.41, 5.74) is 0.921. The number of fused-ring (bicyclic) bond motifs is 1. The highest BCUT2D eigenvalue weighted by molar-refractivity contribution is 7.92. The molecular formula is C20H23F2N3O5S2. The molecule has 0 fully saturated rings. The summed E-state index contributed by atoms with van der Waals surface area (Å²) >= 11 is 0. The molecule has 0 aromatic heterocycles. The zero-order valence-electron chi connectivity index (χ0n) is 17.9. The van der Waals surface area contributed by atoms with Gasteiger partial charge < -0.3 is 4.90 Å². The van der Waals surface area contributed by atoms with Crippen molar-refractivity contribution >= 4 is 37.3 Å². The highest BCUT2D eigenvalue weighted by atomic mass is 32.2. The molecule has 32 heavy (non-hydrogen) atoms. The number of benzene rings is 2. The fraction of sp³-hybridized carbons (Fsp3) is 0.350. The first-order valence-electron chi connectivity index (χ1n) is 9.56. The van der Waals surface area contributed by atoms with Crippen LogP contribution in [0.5, 0.6) is 0 Å². The van der Waals surface area contributed by atoms with Crippen LogP contribution in [0.3, 0.4) is 0 Å². The van der Waals surface area contributed by atoms with E-state index in [-0.39, 0.29) is 17.1 Å². The number of hydrogen-bond donors (Lipinski definition) is 0. The van der Waals surface area contributed by atoms with E-state index in [2.05, 4.69) is 0 Å². The Hall–Kier alpha value is -2.57. The minimum absolute atomic E-state index is 0.0862. The molecular weight excluding hydrogens is 464 g/mol. The number of halogens is 2. The third-order valence-corrected chi connectivity index (χ3v) is 8.27. The van der Waals surface area contributed by atoms with Gasteiger partial charge in [-0.1, -0.05) is 0 Å². The number of rotatable bonds is 6. The zero-order valence-corrected chi connectivity index (χ0v) is 19.5. The predicted molar refractivity (Wildman–Crippen MR) is 117 cm³/mol. The Morgan fingerprint density at radius 2 is 1.69 bits per heavy atom. The monoisotopic (exact) mass is 487 g/mol. The van der Waals surface area contributed by atoms with Gasteiger partial charge in [-0.05, 0) is 49.2 Å². The van der Waals surface area contributed by atoms with E-state index >= 15 is 0 Å². The van der Waals surface area contributed by atoms with Gasteiger partial charge in [-0.25, -0.2) is 29.9 Å². The molecule has 0 saturated carbocycles. The van der Waals surface area contributed by atoms with Crippen LogP contribution in [0.15, 0.2) is 41.3 Å². The van der Waals surface area contributed by atoms with Gasteiger partial charge in [0.15, 0.2) is 11.6 Å². The summed E-state index contributed by atoms with van der Waals surface area (Å²) in [5, 5.41) is 0. The molecule has 0 spiro atoms. The van der Waals surface area contributed by atoms with Crippen LogP contribution in [-0.2, 0) is 31.3 Å². The van der Waals surface area contributed by atoms with Crippen LogP contribution < -0.4 is 9.21 Å². The maximum atomic E-state index is 13.7. The Bertz CT molecular complexity index is 1280. The average molecular weight is 488 g/mol. The minimum atomic E-state index is -4.02. The SMILES string of the molecule is C[C@H](C(=O)N1CCc2cc(S(=O)(=O)N(C)C)ccc21)N(c1ccc(F)c(F)c1)S(C)(=O)=O. The van der Waals surface area contributed by atoms with E-state index in [4.69, 9.17) is 0 Å². The van der Waals surface area contributed by atoms with Crippen molar-refractivity contribution in [2.75, 3.05) is 36.1 Å². The molecule has 1 atom stereocenters. The molecule has 1 amide bonds. The van der Waals surface area contributed by atoms with Gasteiger partial charge in [0.2, 0.25) is 20.0 Å². The molecule has 12 heteroatoms. The first-order valence-corrected chi connectivity index (χ1v) is 12.8. The van der Waals surface area contributed by atoms with Crippen molar-refractivity contribution in [2.45, 2.75) is 24.3 Å². The molecule has 3 rings (SSSR count). The second-order valence-corrected chi connectivity index (χ2v) is 11.7. The van der Waals surface area contributed by atoms with Gasteiger partial charge in [-0.15, -0.1) is 0 Å². The molecule has 0 unspecified atom stereocenters. The summed E-state index contributed by atoms with van der Waals surface area (Å²) in [6.45, 7) is 1.58. The Morgan fingerprint density at radius 3 is 2.25 bits per heavy atom. The van der Waals surface area contributed by atoms with Gasteiger partial charge in [0.1, 0.15) is 6.04 Å². The molecule has 0 saturated heterocycles. The lowest BCUT2D eigenvalue weighted by Crippen LogP contribution is -2.49. The van der Waals surface area contributed by atoms with Gasteiger partial charge in [0.25, 0.3) is 5.91 Å². The smallest absolute Gasteiger partial charge is 0.250 e. The number of carbonyl (C=O) groups is 1. The number of carbonyl (C=O) groups excluding carboxylic acids is 1. The predicted octanol–water partition coefficient (Wildman–Crippen LogP) is 1.96. The summed E-state index contributed by atoms with van der Waals surface area (Å²) in [6.07, 6.45) is 1.25. The Kier molecular flexibility index (Phi) is 6.33. The van der Waals surface area contributed by atoms with E-state index in [0.717, 1.165) is 33.1 Å². The van der Waals surface area contributed by atoms with E-state index < -0.39 is 43.6 Å². The fourth-order valence-electron chi connectivity index (χ4n) is 3.63. The lowest BCUT2D eigenvalue weighted by molar-refractivity contribution is -0.119. The summed E-state index contributed by atoms with van der Waals surface area (Å²) in [6, 6.07) is 5.71. The van der Waals surface area contributed by atoms with Crippen LogP contribution in [0.1, 0.15) is 12.5 Å². The van der Waals surface area contributed by atoms with Gasteiger partial charge in [-0.2, -0.15) is 0 Å².